The number of hydrogen-bond donors (Lipinski definition) is 0. The molecule has 0 saturated heterocycles. The van der Waals surface area contributed by atoms with Gasteiger partial charge in [-0.1, -0.05) is 4.40 Å². The van der Waals surface area contributed by atoms with Gasteiger partial charge in [-0.05, 0) is 6.92 Å². The lowest BCUT2D eigenvalue weighted by Crippen LogP contribution is -2.11. The zero-order valence-corrected chi connectivity index (χ0v) is 7.83. The highest BCUT2D eigenvalue weighted by atomic mass is 32.2. The molecule has 0 atom stereocenters. The maximum absolute atomic E-state index is 10.7. The molecule has 0 fully saturated rings. The van der Waals surface area contributed by atoms with E-state index in [1.165, 1.54) is 0 Å². The number of carbonyl (C=O) groups is 1. The standard InChI is InChI=1S/C6H9NO5S/c1-2-12-6(9)3-4-13(10,11)7-5-8/h2-4H2,1H3. The van der Waals surface area contributed by atoms with E-state index in [1.807, 2.05) is 0 Å². The molecule has 0 radical (unpaired) electrons. The van der Waals surface area contributed by atoms with Crippen LogP contribution in [0.2, 0.25) is 0 Å². The molecule has 13 heavy (non-hydrogen) atoms. The Morgan fingerprint density at radius 1 is 1.54 bits per heavy atom. The topological polar surface area (TPSA) is 89.9 Å². The molecule has 0 unspecified atom stereocenters. The number of rotatable bonds is 5. The monoisotopic (exact) mass is 207 g/mol. The van der Waals surface area contributed by atoms with E-state index in [-0.39, 0.29) is 13.0 Å². The predicted molar refractivity (Wildman–Crippen MR) is 43.2 cm³/mol. The maximum Gasteiger partial charge on any atom is 0.306 e. The van der Waals surface area contributed by atoms with Crippen LogP contribution in [0.3, 0.4) is 0 Å². The molecule has 0 aromatic rings. The van der Waals surface area contributed by atoms with Crippen LogP contribution < -0.4 is 0 Å². The fourth-order valence-corrected chi connectivity index (χ4v) is 1.18. The second kappa shape index (κ2) is 5.45. The molecule has 0 aromatic heterocycles. The fourth-order valence-electron chi connectivity index (χ4n) is 0.548. The summed E-state index contributed by atoms with van der Waals surface area (Å²) >= 11 is 0. The van der Waals surface area contributed by atoms with Crippen LogP contribution in [0.4, 0.5) is 0 Å². The van der Waals surface area contributed by atoms with Gasteiger partial charge in [0.25, 0.3) is 16.1 Å². The average molecular weight is 207 g/mol. The van der Waals surface area contributed by atoms with Gasteiger partial charge in [0.1, 0.15) is 0 Å². The van der Waals surface area contributed by atoms with Crippen molar-refractivity contribution in [2.75, 3.05) is 12.4 Å². The average Bonchev–Trinajstić information content (AvgIpc) is 2.02. The largest absolute Gasteiger partial charge is 0.466 e. The van der Waals surface area contributed by atoms with Gasteiger partial charge in [-0.3, -0.25) is 4.79 Å². The van der Waals surface area contributed by atoms with Gasteiger partial charge >= 0.3 is 5.97 Å². The van der Waals surface area contributed by atoms with Gasteiger partial charge < -0.3 is 4.74 Å². The second-order valence-corrected chi connectivity index (χ2v) is 3.78. The van der Waals surface area contributed by atoms with Gasteiger partial charge in [0.05, 0.1) is 18.8 Å². The van der Waals surface area contributed by atoms with Crippen LogP contribution in [0.15, 0.2) is 4.40 Å². The first-order valence-electron chi connectivity index (χ1n) is 3.49. The van der Waals surface area contributed by atoms with Gasteiger partial charge in [0.2, 0.25) is 0 Å². The van der Waals surface area contributed by atoms with E-state index in [0.29, 0.717) is 0 Å². The van der Waals surface area contributed by atoms with Crippen LogP contribution >= 0.6 is 0 Å². The highest BCUT2D eigenvalue weighted by molar-refractivity contribution is 7.90. The number of esters is 1. The van der Waals surface area contributed by atoms with Gasteiger partial charge in [-0.2, -0.15) is 0 Å². The summed E-state index contributed by atoms with van der Waals surface area (Å²) in [6, 6.07) is 0. The fraction of sp³-hybridized carbons (Fsp3) is 0.667. The van der Waals surface area contributed by atoms with Crippen LogP contribution in [0.1, 0.15) is 13.3 Å². The van der Waals surface area contributed by atoms with Crippen LogP contribution in [0.5, 0.6) is 0 Å². The summed E-state index contributed by atoms with van der Waals surface area (Å²) in [5, 5.41) is 0. The van der Waals surface area contributed by atoms with E-state index in [9.17, 15) is 18.0 Å². The van der Waals surface area contributed by atoms with E-state index in [0.717, 1.165) is 6.08 Å². The molecule has 0 spiro atoms. The Morgan fingerprint density at radius 2 is 2.15 bits per heavy atom. The number of hydrogen-bond acceptors (Lipinski definition) is 5. The second-order valence-electron chi connectivity index (χ2n) is 2.02. The van der Waals surface area contributed by atoms with Gasteiger partial charge in [0, 0.05) is 0 Å². The van der Waals surface area contributed by atoms with Crippen molar-refractivity contribution in [3.8, 4) is 0 Å². The summed E-state index contributed by atoms with van der Waals surface area (Å²) in [6.07, 6.45) is 0.594. The van der Waals surface area contributed by atoms with Crippen LogP contribution in [-0.2, 0) is 24.3 Å². The number of sulfonamides is 1. The first-order chi connectivity index (χ1) is 6.02. The third-order valence-corrected chi connectivity index (χ3v) is 2.12. The first-order valence-corrected chi connectivity index (χ1v) is 5.10. The normalized spacial score (nSPS) is 10.2. The minimum Gasteiger partial charge on any atom is -0.466 e. The number of ether oxygens (including phenoxy) is 1. The highest BCUT2D eigenvalue weighted by Crippen LogP contribution is 1.96. The highest BCUT2D eigenvalue weighted by Gasteiger charge is 2.12. The smallest absolute Gasteiger partial charge is 0.306 e. The molecule has 7 heteroatoms. The third kappa shape index (κ3) is 6.01. The maximum atomic E-state index is 10.7. The number of carbonyl (C=O) groups excluding carboxylic acids is 2. The van der Waals surface area contributed by atoms with Crippen LogP contribution in [0, 0.1) is 0 Å². The SMILES string of the molecule is CCOC(=O)CCS(=O)(=O)N=C=O. The lowest BCUT2D eigenvalue weighted by molar-refractivity contribution is -0.142. The quantitative estimate of drug-likeness (QED) is 0.348. The Balaban J connectivity index is 4.03. The van der Waals surface area contributed by atoms with Crippen molar-refractivity contribution in [3.63, 3.8) is 0 Å². The third-order valence-electron chi connectivity index (χ3n) is 1.05. The zero-order valence-electron chi connectivity index (χ0n) is 7.02. The van der Waals surface area contributed by atoms with Crippen LogP contribution in [0.25, 0.3) is 0 Å². The van der Waals surface area contributed by atoms with E-state index in [1.54, 1.807) is 6.92 Å². The van der Waals surface area contributed by atoms with Crippen molar-refractivity contribution in [2.24, 2.45) is 4.40 Å². The Hall–Kier alpha value is -1.20. The molecule has 0 aromatic carbocycles. The predicted octanol–water partition coefficient (Wildman–Crippen LogP) is -0.395. The molecule has 0 heterocycles. The summed E-state index contributed by atoms with van der Waals surface area (Å²) in [4.78, 5) is 20.3. The minimum atomic E-state index is -3.84. The van der Waals surface area contributed by atoms with Crippen molar-refractivity contribution in [2.45, 2.75) is 13.3 Å². The molecular formula is C6H9NO5S. The van der Waals surface area contributed by atoms with Gasteiger partial charge in [0.15, 0.2) is 0 Å². The molecule has 0 aliphatic rings. The van der Waals surface area contributed by atoms with Crippen molar-refractivity contribution in [1.82, 2.24) is 0 Å². The van der Waals surface area contributed by atoms with E-state index < -0.39 is 21.7 Å². The Labute approximate surface area is 75.7 Å². The minimum absolute atomic E-state index is 0.190. The molecule has 0 amide bonds. The van der Waals surface area contributed by atoms with Crippen molar-refractivity contribution >= 4 is 22.1 Å². The molecule has 0 aliphatic heterocycles. The Morgan fingerprint density at radius 3 is 2.62 bits per heavy atom. The van der Waals surface area contributed by atoms with E-state index in [4.69, 9.17) is 0 Å². The molecular weight excluding hydrogens is 198 g/mol. The summed E-state index contributed by atoms with van der Waals surface area (Å²) in [7, 11) is -3.84. The number of nitrogens with zero attached hydrogens (tertiary/aromatic N) is 1. The van der Waals surface area contributed by atoms with E-state index in [2.05, 4.69) is 9.13 Å². The number of isocyanates is 1. The lowest BCUT2D eigenvalue weighted by Gasteiger charge is -1.98. The van der Waals surface area contributed by atoms with Gasteiger partial charge in [-0.15, -0.1) is 0 Å². The molecule has 0 saturated carbocycles. The summed E-state index contributed by atoms with van der Waals surface area (Å²) in [5.41, 5.74) is 0. The molecule has 6 nitrogen and oxygen atoms in total. The van der Waals surface area contributed by atoms with Crippen molar-refractivity contribution in [3.05, 3.63) is 0 Å². The van der Waals surface area contributed by atoms with Crippen LogP contribution in [-0.4, -0.2) is 32.8 Å². The molecule has 74 valence electrons. The van der Waals surface area contributed by atoms with Crippen molar-refractivity contribution < 1.29 is 22.7 Å². The zero-order chi connectivity index (χ0) is 10.3. The molecule has 0 aliphatic carbocycles. The summed E-state index contributed by atoms with van der Waals surface area (Å²) in [6.45, 7) is 1.80. The Kier molecular flexibility index (Phi) is 4.94. The lowest BCUT2D eigenvalue weighted by atomic mass is 10.5. The molecule has 0 N–H and O–H groups in total. The summed E-state index contributed by atoms with van der Waals surface area (Å²) < 4.78 is 28.4. The molecule has 0 rings (SSSR count). The van der Waals surface area contributed by atoms with Crippen molar-refractivity contribution in [1.29, 1.82) is 0 Å². The molecule has 0 bridgehead atoms. The van der Waals surface area contributed by atoms with E-state index >= 15 is 0 Å². The first kappa shape index (κ1) is 11.8. The summed E-state index contributed by atoms with van der Waals surface area (Å²) in [5.74, 6) is -1.16. The Bertz CT molecular complexity index is 314. The van der Waals surface area contributed by atoms with Gasteiger partial charge in [-0.25, -0.2) is 13.2 Å².